The number of hydrogen-bond acceptors (Lipinski definition) is 7. The van der Waals surface area contributed by atoms with Crippen LogP contribution in [0.5, 0.6) is 0 Å². The summed E-state index contributed by atoms with van der Waals surface area (Å²) in [5.74, 6) is 1.01. The normalized spacial score (nSPS) is 34.1. The highest BCUT2D eigenvalue weighted by Gasteiger charge is 2.31. The summed E-state index contributed by atoms with van der Waals surface area (Å²) in [6, 6.07) is -0.422. The van der Waals surface area contributed by atoms with Gasteiger partial charge in [0, 0.05) is 24.3 Å². The molecule has 2 fully saturated rings. The first-order valence-electron chi connectivity index (χ1n) is 6.37. The first-order chi connectivity index (χ1) is 8.58. The molecule has 7 heteroatoms. The van der Waals surface area contributed by atoms with Gasteiger partial charge >= 0.3 is 0 Å². The lowest BCUT2D eigenvalue weighted by Crippen LogP contribution is -2.42. The Morgan fingerprint density at radius 2 is 2.33 bits per heavy atom. The maximum Gasteiger partial charge on any atom is 0.150 e. The first kappa shape index (κ1) is 14.2. The molecule has 2 aliphatic rings. The number of hydroxylamine groups is 2. The standard InChI is InChI=1S/C11H20N3O3S/c12-11-13(4-5-18-11)7-10(15)8-2-1-3-9(6-8)14(16)17/h8-9,11,16H,1-7,12H2/q-1. The van der Waals surface area contributed by atoms with Crippen LogP contribution in [0.2, 0.25) is 0 Å². The van der Waals surface area contributed by atoms with Crippen molar-refractivity contribution in [1.29, 1.82) is 0 Å². The van der Waals surface area contributed by atoms with Crippen LogP contribution in [-0.2, 0) is 4.79 Å². The number of nitrogens with zero attached hydrogens (tertiary/aromatic N) is 2. The number of rotatable bonds is 4. The van der Waals surface area contributed by atoms with Crippen LogP contribution in [-0.4, -0.2) is 51.5 Å². The van der Waals surface area contributed by atoms with Crippen LogP contribution in [0.3, 0.4) is 0 Å². The van der Waals surface area contributed by atoms with Crippen LogP contribution >= 0.6 is 11.8 Å². The van der Waals surface area contributed by atoms with Gasteiger partial charge in [0.1, 0.15) is 11.3 Å². The molecule has 2 rings (SSSR count). The molecular weight excluding hydrogens is 254 g/mol. The molecule has 1 saturated heterocycles. The van der Waals surface area contributed by atoms with Gasteiger partial charge in [0.25, 0.3) is 0 Å². The van der Waals surface area contributed by atoms with E-state index in [1.165, 1.54) is 0 Å². The highest BCUT2D eigenvalue weighted by Crippen LogP contribution is 2.28. The average molecular weight is 274 g/mol. The molecule has 3 N–H and O–H groups in total. The predicted octanol–water partition coefficient (Wildman–Crippen LogP) is 0.594. The molecule has 1 saturated carbocycles. The zero-order valence-electron chi connectivity index (χ0n) is 10.3. The van der Waals surface area contributed by atoms with Gasteiger partial charge in [-0.1, -0.05) is 6.42 Å². The largest absolute Gasteiger partial charge is 0.762 e. The summed E-state index contributed by atoms with van der Waals surface area (Å²) >= 11 is 1.65. The topological polar surface area (TPSA) is 92.9 Å². The van der Waals surface area contributed by atoms with Gasteiger partial charge in [0.2, 0.25) is 0 Å². The van der Waals surface area contributed by atoms with E-state index in [-0.39, 0.29) is 22.4 Å². The van der Waals surface area contributed by atoms with Crippen molar-refractivity contribution in [3.8, 4) is 0 Å². The van der Waals surface area contributed by atoms with Crippen LogP contribution in [0.15, 0.2) is 0 Å². The van der Waals surface area contributed by atoms with Crippen LogP contribution in [0, 0.1) is 11.1 Å². The van der Waals surface area contributed by atoms with E-state index in [0.717, 1.165) is 25.1 Å². The molecule has 0 spiro atoms. The second kappa shape index (κ2) is 6.31. The van der Waals surface area contributed by atoms with E-state index in [1.54, 1.807) is 11.8 Å². The summed E-state index contributed by atoms with van der Waals surface area (Å²) in [6.07, 6.45) is 2.78. The van der Waals surface area contributed by atoms with E-state index < -0.39 is 6.04 Å². The summed E-state index contributed by atoms with van der Waals surface area (Å²) in [7, 11) is 0. The van der Waals surface area contributed by atoms with E-state index >= 15 is 0 Å². The molecule has 0 aromatic carbocycles. The molecular formula is C11H20N3O3S-. The minimum Gasteiger partial charge on any atom is -0.762 e. The Bertz CT molecular complexity index is 303. The van der Waals surface area contributed by atoms with Crippen LogP contribution in [0.25, 0.3) is 0 Å². The Morgan fingerprint density at radius 1 is 1.56 bits per heavy atom. The lowest BCUT2D eigenvalue weighted by molar-refractivity contribution is -0.129. The fraction of sp³-hybridized carbons (Fsp3) is 0.909. The van der Waals surface area contributed by atoms with Crippen LogP contribution in [0.4, 0.5) is 0 Å². The second-order valence-corrected chi connectivity index (χ2v) is 6.24. The van der Waals surface area contributed by atoms with Crippen molar-refractivity contribution in [3.05, 3.63) is 5.21 Å². The lowest BCUT2D eigenvalue weighted by Gasteiger charge is -2.37. The summed E-state index contributed by atoms with van der Waals surface area (Å²) < 4.78 is 0. The quantitative estimate of drug-likeness (QED) is 0.725. The van der Waals surface area contributed by atoms with Gasteiger partial charge in [-0.2, -0.15) is 0 Å². The molecule has 0 amide bonds. The average Bonchev–Trinajstić information content (AvgIpc) is 2.75. The van der Waals surface area contributed by atoms with E-state index in [4.69, 9.17) is 10.9 Å². The molecule has 0 bridgehead atoms. The number of Topliss-reactive ketones (excluding diaryl/α,β-unsaturated/α-hetero) is 1. The van der Waals surface area contributed by atoms with Crippen molar-refractivity contribution in [1.82, 2.24) is 10.1 Å². The number of thioether (sulfide) groups is 1. The number of carbonyl (C=O) groups is 1. The number of nitrogens with two attached hydrogens (primary N) is 1. The third kappa shape index (κ3) is 3.43. The molecule has 1 aliphatic heterocycles. The fourth-order valence-corrected chi connectivity index (χ4v) is 3.65. The van der Waals surface area contributed by atoms with Gasteiger partial charge in [-0.05, 0) is 19.3 Å². The third-order valence-corrected chi connectivity index (χ3v) is 4.86. The van der Waals surface area contributed by atoms with Crippen LogP contribution < -0.4 is 5.73 Å². The molecule has 6 nitrogen and oxygen atoms in total. The molecule has 0 aromatic rings. The zero-order valence-corrected chi connectivity index (χ0v) is 11.1. The van der Waals surface area contributed by atoms with E-state index in [2.05, 4.69) is 0 Å². The molecule has 1 aliphatic carbocycles. The van der Waals surface area contributed by atoms with E-state index in [9.17, 15) is 10.0 Å². The number of carbonyl (C=O) groups excluding carboxylic acids is 1. The van der Waals surface area contributed by atoms with Crippen molar-refractivity contribution < 1.29 is 10.0 Å². The second-order valence-electron chi connectivity index (χ2n) is 5.02. The van der Waals surface area contributed by atoms with Crippen molar-refractivity contribution in [2.24, 2.45) is 11.7 Å². The van der Waals surface area contributed by atoms with Gasteiger partial charge < -0.3 is 16.1 Å². The smallest absolute Gasteiger partial charge is 0.150 e. The number of ketones is 1. The molecule has 3 unspecified atom stereocenters. The van der Waals surface area contributed by atoms with Gasteiger partial charge in [-0.3, -0.25) is 14.9 Å². The lowest BCUT2D eigenvalue weighted by atomic mass is 9.83. The van der Waals surface area contributed by atoms with E-state index in [1.807, 2.05) is 4.90 Å². The molecule has 18 heavy (non-hydrogen) atoms. The van der Waals surface area contributed by atoms with Crippen LogP contribution in [0.1, 0.15) is 25.7 Å². The van der Waals surface area contributed by atoms with Gasteiger partial charge in [-0.15, -0.1) is 11.8 Å². The Hall–Kier alpha value is -0.180. The minimum absolute atomic E-state index is 0.0108. The van der Waals surface area contributed by atoms with E-state index in [0.29, 0.717) is 19.4 Å². The molecule has 3 atom stereocenters. The first-order valence-corrected chi connectivity index (χ1v) is 7.42. The van der Waals surface area contributed by atoms with Gasteiger partial charge in [-0.25, -0.2) is 0 Å². The Balaban J connectivity index is 1.84. The SMILES string of the molecule is NC1SCCN1CC(=O)C1CCCC(N([O-])O)C1. The highest BCUT2D eigenvalue weighted by molar-refractivity contribution is 8.00. The maximum absolute atomic E-state index is 12.2. The Kier molecular flexibility index (Phi) is 4.99. The predicted molar refractivity (Wildman–Crippen MR) is 69.8 cm³/mol. The van der Waals surface area contributed by atoms with Crippen molar-refractivity contribution >= 4 is 17.5 Å². The third-order valence-electron chi connectivity index (χ3n) is 3.80. The van der Waals surface area contributed by atoms with Gasteiger partial charge in [0.05, 0.1) is 6.54 Å². The minimum atomic E-state index is -0.422. The Labute approximate surface area is 111 Å². The zero-order chi connectivity index (χ0) is 13.1. The summed E-state index contributed by atoms with van der Waals surface area (Å²) in [5, 5.41) is 19.8. The monoisotopic (exact) mass is 274 g/mol. The summed E-state index contributed by atoms with van der Waals surface area (Å²) in [5.41, 5.74) is 5.79. The molecule has 1 heterocycles. The molecule has 104 valence electrons. The fourth-order valence-electron chi connectivity index (χ4n) is 2.68. The van der Waals surface area contributed by atoms with Crippen molar-refractivity contribution in [2.75, 3.05) is 18.8 Å². The summed E-state index contributed by atoms with van der Waals surface area (Å²) in [4.78, 5) is 14.1. The maximum atomic E-state index is 12.2. The number of hydrogen-bond donors (Lipinski definition) is 2. The molecule has 0 radical (unpaired) electrons. The van der Waals surface area contributed by atoms with Gasteiger partial charge in [0.15, 0.2) is 0 Å². The molecule has 0 aromatic heterocycles. The van der Waals surface area contributed by atoms with Crippen molar-refractivity contribution in [2.45, 2.75) is 37.2 Å². The van der Waals surface area contributed by atoms with Crippen molar-refractivity contribution in [3.63, 3.8) is 0 Å². The summed E-state index contributed by atoms with van der Waals surface area (Å²) in [6.45, 7) is 1.22. The Morgan fingerprint density at radius 3 is 2.94 bits per heavy atom. The highest BCUT2D eigenvalue weighted by atomic mass is 32.2.